The molecule has 1 aliphatic heterocycles. The van der Waals surface area contributed by atoms with Crippen LogP contribution in [0.25, 0.3) is 0 Å². The number of fused-ring (bicyclic) bond motifs is 1. The molecule has 1 aliphatic rings. The van der Waals surface area contributed by atoms with E-state index >= 15 is 0 Å². The Morgan fingerprint density at radius 3 is 2.27 bits per heavy atom. The molecule has 5 N–H and O–H groups in total. The highest BCUT2D eigenvalue weighted by molar-refractivity contribution is 7.46. The zero-order chi connectivity index (χ0) is 25.4. The Balaban J connectivity index is 0.000000267. The van der Waals surface area contributed by atoms with Crippen molar-refractivity contribution >= 4 is 31.1 Å². The van der Waals surface area contributed by atoms with Gasteiger partial charge in [0.25, 0.3) is 0 Å². The van der Waals surface area contributed by atoms with Crippen molar-refractivity contribution in [1.29, 1.82) is 0 Å². The fraction of sp³-hybridized carbons (Fsp3) is 0.333. The molecule has 0 unspecified atom stereocenters. The third kappa shape index (κ3) is 10.4. The van der Waals surface area contributed by atoms with Gasteiger partial charge in [-0.15, -0.1) is 0 Å². The van der Waals surface area contributed by atoms with Gasteiger partial charge in [-0.05, 0) is 75.6 Å². The molecule has 1 amide bonds. The molecule has 2 aromatic rings. The van der Waals surface area contributed by atoms with Crippen LogP contribution in [-0.2, 0) is 15.5 Å². The van der Waals surface area contributed by atoms with Crippen LogP contribution in [0.2, 0.25) is 5.02 Å². The predicted molar refractivity (Wildman–Crippen MR) is 120 cm³/mol. The number of carbonyl (C=O) groups is 2. The quantitative estimate of drug-likeness (QED) is 0.279. The van der Waals surface area contributed by atoms with Crippen molar-refractivity contribution in [3.05, 3.63) is 63.9 Å². The molecule has 182 valence electrons. The molecular weight excluding hydrogens is 480 g/mol. The summed E-state index contributed by atoms with van der Waals surface area (Å²) in [4.78, 5) is 37.2. The Kier molecular flexibility index (Phi) is 10.6. The van der Waals surface area contributed by atoms with E-state index in [9.17, 15) is 18.5 Å². The number of nitrogens with two attached hydrogens (primary N) is 1. The zero-order valence-electron chi connectivity index (χ0n) is 18.2. The summed E-state index contributed by atoms with van der Waals surface area (Å²) in [6.07, 6.45) is 1.99. The summed E-state index contributed by atoms with van der Waals surface area (Å²) >= 11 is 5.38. The fourth-order valence-corrected chi connectivity index (χ4v) is 2.93. The standard InChI is InChI=1S/C13H16O2.C7H5ClFNO.CH5O5P/c1-9(14)10-4-5-12-11(8-10)6-7-13(2,3)15-12;8-5-3-4(7(10)11)1-2-6(5)9;2-1-6-7(3,4)5/h4-5,8H,6-7H2,1-3H3;1-3H,(H2,10,11);2H,1H2,(H2,3,4,5). The number of aliphatic hydroxyl groups is 1. The molecule has 33 heavy (non-hydrogen) atoms. The summed E-state index contributed by atoms with van der Waals surface area (Å²) in [7, 11) is -4.42. The van der Waals surface area contributed by atoms with Gasteiger partial charge in [0.05, 0.1) is 5.02 Å². The topological polar surface area (TPSA) is 156 Å². The normalized spacial score (nSPS) is 13.8. The number of ether oxygens (including phenoxy) is 1. The molecule has 0 radical (unpaired) electrons. The Morgan fingerprint density at radius 2 is 1.82 bits per heavy atom. The third-order valence-electron chi connectivity index (χ3n) is 4.28. The number of hydrogen-bond donors (Lipinski definition) is 4. The van der Waals surface area contributed by atoms with E-state index in [0.717, 1.165) is 35.8 Å². The van der Waals surface area contributed by atoms with E-state index in [-0.39, 0.29) is 22.0 Å². The van der Waals surface area contributed by atoms with Crippen LogP contribution < -0.4 is 10.5 Å². The zero-order valence-corrected chi connectivity index (χ0v) is 19.9. The van der Waals surface area contributed by atoms with Crippen molar-refractivity contribution in [3.8, 4) is 5.75 Å². The minimum absolute atomic E-state index is 0.0786. The van der Waals surface area contributed by atoms with E-state index in [1.54, 1.807) is 6.92 Å². The van der Waals surface area contributed by atoms with Crippen LogP contribution in [0.5, 0.6) is 5.75 Å². The Morgan fingerprint density at radius 1 is 1.21 bits per heavy atom. The molecule has 0 spiro atoms. The summed E-state index contributed by atoms with van der Waals surface area (Å²) in [5.41, 5.74) is 6.97. The van der Waals surface area contributed by atoms with Gasteiger partial charge in [-0.2, -0.15) is 0 Å². The van der Waals surface area contributed by atoms with Gasteiger partial charge in [0.2, 0.25) is 5.91 Å². The lowest BCUT2D eigenvalue weighted by molar-refractivity contribution is 0.0658. The molecule has 12 heteroatoms. The Bertz CT molecular complexity index is 1040. The number of ketones is 1. The molecule has 2 aromatic carbocycles. The molecule has 0 fully saturated rings. The summed E-state index contributed by atoms with van der Waals surface area (Å²) in [6.45, 7) is 4.82. The van der Waals surface area contributed by atoms with Crippen molar-refractivity contribution in [3.63, 3.8) is 0 Å². The first-order valence-corrected chi connectivity index (χ1v) is 11.4. The van der Waals surface area contributed by atoms with Crippen LogP contribution >= 0.6 is 19.4 Å². The van der Waals surface area contributed by atoms with Gasteiger partial charge >= 0.3 is 7.82 Å². The molecule has 3 rings (SSSR count). The minimum atomic E-state index is -4.42. The lowest BCUT2D eigenvalue weighted by atomic mass is 9.93. The molecule has 0 saturated carbocycles. The van der Waals surface area contributed by atoms with Gasteiger partial charge in [0, 0.05) is 11.1 Å². The number of carbonyl (C=O) groups excluding carboxylic acids is 2. The largest absolute Gasteiger partial charge is 0.488 e. The monoisotopic (exact) mass is 505 g/mol. The molecule has 0 aromatic heterocycles. The van der Waals surface area contributed by atoms with E-state index in [0.29, 0.717) is 0 Å². The number of primary amides is 1. The first-order valence-electron chi connectivity index (χ1n) is 9.54. The van der Waals surface area contributed by atoms with Crippen molar-refractivity contribution in [2.75, 3.05) is 6.79 Å². The molecule has 1 heterocycles. The molecule has 0 saturated heterocycles. The van der Waals surface area contributed by atoms with Crippen molar-refractivity contribution in [1.82, 2.24) is 0 Å². The second kappa shape index (κ2) is 12.2. The summed E-state index contributed by atoms with van der Waals surface area (Å²) in [5.74, 6) is -0.137. The third-order valence-corrected chi connectivity index (χ3v) is 5.02. The van der Waals surface area contributed by atoms with Crippen molar-refractivity contribution < 1.29 is 42.7 Å². The number of halogens is 2. The number of phosphoric ester groups is 1. The molecule has 9 nitrogen and oxygen atoms in total. The molecule has 0 bridgehead atoms. The molecule has 0 aliphatic carbocycles. The highest BCUT2D eigenvalue weighted by Gasteiger charge is 2.26. The number of aryl methyl sites for hydroxylation is 1. The number of rotatable bonds is 4. The van der Waals surface area contributed by atoms with E-state index in [4.69, 9.17) is 37.0 Å². The Hall–Kier alpha value is -2.33. The average Bonchev–Trinajstić information content (AvgIpc) is 2.69. The lowest BCUT2D eigenvalue weighted by Gasteiger charge is -2.32. The summed E-state index contributed by atoms with van der Waals surface area (Å²) in [5, 5.41) is 7.59. The number of benzene rings is 2. The maximum atomic E-state index is 12.5. The number of aliphatic hydroxyl groups excluding tert-OH is 1. The van der Waals surface area contributed by atoms with Crippen LogP contribution in [0, 0.1) is 5.82 Å². The van der Waals surface area contributed by atoms with Crippen LogP contribution in [0.3, 0.4) is 0 Å². The van der Waals surface area contributed by atoms with Crippen LogP contribution in [0.1, 0.15) is 53.5 Å². The highest BCUT2D eigenvalue weighted by Crippen LogP contribution is 2.35. The molecular formula is C21H26ClFNO8P. The lowest BCUT2D eigenvalue weighted by Crippen LogP contribution is -2.32. The maximum Gasteiger partial charge on any atom is 0.471 e. The summed E-state index contributed by atoms with van der Waals surface area (Å²) < 4.78 is 31.3. The van der Waals surface area contributed by atoms with Crippen LogP contribution in [0.15, 0.2) is 36.4 Å². The highest BCUT2D eigenvalue weighted by atomic mass is 35.5. The number of phosphoric acid groups is 1. The van der Waals surface area contributed by atoms with Crippen molar-refractivity contribution in [2.45, 2.75) is 39.2 Å². The SMILES string of the molecule is CC(=O)c1ccc2c(c1)CCC(C)(C)O2.NC(=O)c1ccc(F)c(Cl)c1.O=P(O)(O)OCO. The fourth-order valence-electron chi connectivity index (χ4n) is 2.60. The first kappa shape index (κ1) is 28.7. The van der Waals surface area contributed by atoms with Gasteiger partial charge in [0.15, 0.2) is 12.6 Å². The number of amides is 1. The average molecular weight is 506 g/mol. The van der Waals surface area contributed by atoms with Gasteiger partial charge < -0.3 is 25.4 Å². The van der Waals surface area contributed by atoms with Crippen LogP contribution in [-0.4, -0.2) is 39.0 Å². The second-order valence-electron chi connectivity index (χ2n) is 7.48. The maximum absolute atomic E-state index is 12.5. The van der Waals surface area contributed by atoms with E-state index in [2.05, 4.69) is 18.4 Å². The van der Waals surface area contributed by atoms with Crippen molar-refractivity contribution in [2.24, 2.45) is 5.73 Å². The van der Waals surface area contributed by atoms with Gasteiger partial charge in [0.1, 0.15) is 17.2 Å². The van der Waals surface area contributed by atoms with E-state index < -0.39 is 26.3 Å². The van der Waals surface area contributed by atoms with Gasteiger partial charge in [-0.3, -0.25) is 14.1 Å². The summed E-state index contributed by atoms with van der Waals surface area (Å²) in [6, 6.07) is 9.27. The number of Topliss-reactive ketones (excluding diaryl/α,β-unsaturated/α-hetero) is 1. The van der Waals surface area contributed by atoms with E-state index in [1.807, 2.05) is 18.2 Å². The second-order valence-corrected chi connectivity index (χ2v) is 9.13. The first-order chi connectivity index (χ1) is 15.1. The Labute approximate surface area is 195 Å². The minimum Gasteiger partial charge on any atom is -0.488 e. The van der Waals surface area contributed by atoms with E-state index in [1.165, 1.54) is 12.1 Å². The smallest absolute Gasteiger partial charge is 0.471 e. The predicted octanol–water partition coefficient (Wildman–Crippen LogP) is 3.62. The molecule has 0 atom stereocenters. The van der Waals surface area contributed by atoms with Crippen LogP contribution in [0.4, 0.5) is 4.39 Å². The van der Waals surface area contributed by atoms with Gasteiger partial charge in [-0.1, -0.05) is 11.6 Å². The number of hydrogen-bond acceptors (Lipinski definition) is 6. The van der Waals surface area contributed by atoms with Gasteiger partial charge in [-0.25, -0.2) is 8.96 Å².